The SMILES string of the molecule is O=C(CCN1C(=O)[C@H]2[C@H](C1=O)[C@H]1C=C[C@H]2C1)Nc1ccc(F)cc1Cl. The van der Waals surface area contributed by atoms with Crippen molar-refractivity contribution in [3.05, 3.63) is 41.2 Å². The van der Waals surface area contributed by atoms with Crippen LogP contribution in [0.15, 0.2) is 30.4 Å². The molecule has 1 saturated carbocycles. The molecule has 2 fully saturated rings. The van der Waals surface area contributed by atoms with Gasteiger partial charge >= 0.3 is 0 Å². The Morgan fingerprint density at radius 3 is 2.44 bits per heavy atom. The maximum Gasteiger partial charge on any atom is 0.233 e. The number of benzene rings is 1. The van der Waals surface area contributed by atoms with Crippen LogP contribution < -0.4 is 5.32 Å². The van der Waals surface area contributed by atoms with E-state index in [1.54, 1.807) is 0 Å². The molecule has 7 heteroatoms. The zero-order chi connectivity index (χ0) is 17.7. The van der Waals surface area contributed by atoms with Gasteiger partial charge in [-0.2, -0.15) is 0 Å². The van der Waals surface area contributed by atoms with E-state index in [1.807, 2.05) is 12.2 Å². The van der Waals surface area contributed by atoms with Crippen LogP contribution >= 0.6 is 11.6 Å². The number of hydrogen-bond donors (Lipinski definition) is 1. The van der Waals surface area contributed by atoms with Crippen molar-refractivity contribution in [3.8, 4) is 0 Å². The van der Waals surface area contributed by atoms with E-state index >= 15 is 0 Å². The lowest BCUT2D eigenvalue weighted by Gasteiger charge is -2.17. The first-order valence-electron chi connectivity index (χ1n) is 8.24. The topological polar surface area (TPSA) is 66.5 Å². The summed E-state index contributed by atoms with van der Waals surface area (Å²) in [6, 6.07) is 3.67. The minimum atomic E-state index is -0.494. The van der Waals surface area contributed by atoms with Crippen LogP contribution in [0.3, 0.4) is 0 Å². The Balaban J connectivity index is 1.38. The quantitative estimate of drug-likeness (QED) is 0.661. The highest BCUT2D eigenvalue weighted by Gasteiger charge is 2.58. The molecule has 3 aliphatic rings. The van der Waals surface area contributed by atoms with E-state index in [-0.39, 0.29) is 59.4 Å². The molecule has 1 aliphatic heterocycles. The highest BCUT2D eigenvalue weighted by molar-refractivity contribution is 6.33. The van der Waals surface area contributed by atoms with Gasteiger partial charge in [-0.1, -0.05) is 23.8 Å². The van der Waals surface area contributed by atoms with E-state index < -0.39 is 5.82 Å². The maximum absolute atomic E-state index is 13.0. The molecule has 25 heavy (non-hydrogen) atoms. The van der Waals surface area contributed by atoms with Gasteiger partial charge in [0, 0.05) is 13.0 Å². The average molecular weight is 363 g/mol. The van der Waals surface area contributed by atoms with Crippen molar-refractivity contribution >= 4 is 35.0 Å². The molecule has 5 nitrogen and oxygen atoms in total. The number of carbonyl (C=O) groups excluding carboxylic acids is 3. The van der Waals surface area contributed by atoms with Crippen molar-refractivity contribution in [3.63, 3.8) is 0 Å². The molecular formula is C18H16ClFN2O3. The number of hydrogen-bond acceptors (Lipinski definition) is 3. The summed E-state index contributed by atoms with van der Waals surface area (Å²) in [5, 5.41) is 2.67. The summed E-state index contributed by atoms with van der Waals surface area (Å²) >= 11 is 5.87. The van der Waals surface area contributed by atoms with Crippen LogP contribution in [0.25, 0.3) is 0 Å². The zero-order valence-corrected chi connectivity index (χ0v) is 14.0. The van der Waals surface area contributed by atoms with Gasteiger partial charge < -0.3 is 5.32 Å². The number of fused-ring (bicyclic) bond motifs is 5. The third kappa shape index (κ3) is 2.65. The van der Waals surface area contributed by atoms with Gasteiger partial charge in [-0.15, -0.1) is 0 Å². The highest BCUT2D eigenvalue weighted by Crippen LogP contribution is 2.52. The lowest BCUT2D eigenvalue weighted by Crippen LogP contribution is -2.35. The van der Waals surface area contributed by atoms with E-state index in [9.17, 15) is 18.8 Å². The van der Waals surface area contributed by atoms with Gasteiger partial charge in [-0.05, 0) is 36.5 Å². The molecule has 0 radical (unpaired) electrons. The van der Waals surface area contributed by atoms with E-state index in [0.29, 0.717) is 5.69 Å². The molecule has 1 saturated heterocycles. The molecule has 1 heterocycles. The molecule has 1 N–H and O–H groups in total. The van der Waals surface area contributed by atoms with E-state index in [4.69, 9.17) is 11.6 Å². The van der Waals surface area contributed by atoms with Crippen molar-refractivity contribution in [1.29, 1.82) is 0 Å². The van der Waals surface area contributed by atoms with Gasteiger partial charge in [0.2, 0.25) is 17.7 Å². The predicted octanol–water partition coefficient (Wildman–Crippen LogP) is 2.61. The van der Waals surface area contributed by atoms with Crippen LogP contribution in [0.5, 0.6) is 0 Å². The second kappa shape index (κ2) is 5.95. The van der Waals surface area contributed by atoms with Crippen LogP contribution in [0.2, 0.25) is 5.02 Å². The Kier molecular flexibility index (Phi) is 3.87. The lowest BCUT2D eigenvalue weighted by atomic mass is 9.85. The number of halogens is 2. The van der Waals surface area contributed by atoms with Crippen molar-refractivity contribution in [2.24, 2.45) is 23.7 Å². The summed E-state index contributed by atoms with van der Waals surface area (Å²) in [7, 11) is 0. The van der Waals surface area contributed by atoms with Crippen LogP contribution in [0, 0.1) is 29.5 Å². The minimum Gasteiger partial charge on any atom is -0.325 e. The van der Waals surface area contributed by atoms with Gasteiger partial charge in [0.25, 0.3) is 0 Å². The molecule has 0 spiro atoms. The number of amides is 3. The lowest BCUT2D eigenvalue weighted by molar-refractivity contribution is -0.140. The number of anilines is 1. The van der Waals surface area contributed by atoms with Crippen molar-refractivity contribution in [1.82, 2.24) is 4.90 Å². The maximum atomic E-state index is 13.0. The van der Waals surface area contributed by atoms with Crippen LogP contribution in [-0.2, 0) is 14.4 Å². The number of likely N-dealkylation sites (tertiary alicyclic amines) is 1. The summed E-state index contributed by atoms with van der Waals surface area (Å²) in [5.74, 6) is -1.40. The Bertz CT molecular complexity index is 780. The van der Waals surface area contributed by atoms with Gasteiger partial charge in [0.15, 0.2) is 0 Å². The van der Waals surface area contributed by atoms with Gasteiger partial charge in [0.1, 0.15) is 5.82 Å². The Labute approximate surface area is 148 Å². The number of nitrogens with one attached hydrogen (secondary N) is 1. The van der Waals surface area contributed by atoms with Crippen molar-refractivity contribution in [2.75, 3.05) is 11.9 Å². The molecule has 4 rings (SSSR count). The zero-order valence-electron chi connectivity index (χ0n) is 13.2. The summed E-state index contributed by atoms with van der Waals surface area (Å²) < 4.78 is 13.0. The molecule has 2 aliphatic carbocycles. The van der Waals surface area contributed by atoms with Gasteiger partial charge in [-0.3, -0.25) is 19.3 Å². The molecule has 3 amide bonds. The Morgan fingerprint density at radius 2 is 1.84 bits per heavy atom. The van der Waals surface area contributed by atoms with Crippen LogP contribution in [0.4, 0.5) is 10.1 Å². The summed E-state index contributed by atoms with van der Waals surface area (Å²) in [5.41, 5.74) is 0.297. The minimum absolute atomic E-state index is 0.0204. The number of carbonyl (C=O) groups is 3. The van der Waals surface area contributed by atoms with E-state index in [2.05, 4.69) is 5.32 Å². The first-order valence-corrected chi connectivity index (χ1v) is 8.62. The Hall–Kier alpha value is -2.21. The molecule has 130 valence electrons. The molecule has 1 aromatic rings. The van der Waals surface area contributed by atoms with Crippen molar-refractivity contribution in [2.45, 2.75) is 12.8 Å². The predicted molar refractivity (Wildman–Crippen MR) is 89.1 cm³/mol. The normalized spacial score (nSPS) is 29.4. The molecule has 0 aromatic heterocycles. The first kappa shape index (κ1) is 16.3. The monoisotopic (exact) mass is 362 g/mol. The second-order valence-corrected chi connectivity index (χ2v) is 7.16. The average Bonchev–Trinajstić information content (AvgIpc) is 3.23. The van der Waals surface area contributed by atoms with E-state index in [0.717, 1.165) is 12.5 Å². The third-order valence-corrected chi connectivity index (χ3v) is 5.64. The van der Waals surface area contributed by atoms with Crippen molar-refractivity contribution < 1.29 is 18.8 Å². The van der Waals surface area contributed by atoms with Gasteiger partial charge in [-0.25, -0.2) is 4.39 Å². The Morgan fingerprint density at radius 1 is 1.20 bits per heavy atom. The largest absolute Gasteiger partial charge is 0.325 e. The highest BCUT2D eigenvalue weighted by atomic mass is 35.5. The fraction of sp³-hybridized carbons (Fsp3) is 0.389. The van der Waals surface area contributed by atoms with E-state index in [1.165, 1.54) is 17.0 Å². The number of allylic oxidation sites excluding steroid dienone is 2. The standard InChI is InChI=1S/C18H16ClFN2O3/c19-12-8-11(20)3-4-13(12)21-14(23)5-6-22-17(24)15-9-1-2-10(7-9)16(15)18(22)25/h1-4,8-10,15-16H,5-7H2,(H,21,23)/t9-,10-,15+,16+/m0/s1. The van der Waals surface area contributed by atoms with Gasteiger partial charge in [0.05, 0.1) is 22.5 Å². The molecule has 1 aromatic carbocycles. The number of imide groups is 1. The summed E-state index contributed by atoms with van der Waals surface area (Å²) in [6.07, 6.45) is 4.92. The van der Waals surface area contributed by atoms with Crippen LogP contribution in [-0.4, -0.2) is 29.2 Å². The smallest absolute Gasteiger partial charge is 0.233 e. The summed E-state index contributed by atoms with van der Waals surface area (Å²) in [4.78, 5) is 38.4. The van der Waals surface area contributed by atoms with Crippen LogP contribution in [0.1, 0.15) is 12.8 Å². The fourth-order valence-electron chi connectivity index (χ4n) is 4.20. The first-order chi connectivity index (χ1) is 12.0. The summed E-state index contributed by atoms with van der Waals surface area (Å²) in [6.45, 7) is 0.0504. The molecule has 4 atom stereocenters. The number of nitrogens with zero attached hydrogens (tertiary/aromatic N) is 1. The second-order valence-electron chi connectivity index (χ2n) is 6.75. The fourth-order valence-corrected chi connectivity index (χ4v) is 4.42. The third-order valence-electron chi connectivity index (χ3n) is 5.33. The molecule has 0 unspecified atom stereocenters. The molecule has 2 bridgehead atoms. The number of rotatable bonds is 4. The molecular weight excluding hydrogens is 347 g/mol.